The molecule has 96 heavy (non-hydrogen) atoms. The van der Waals surface area contributed by atoms with Gasteiger partial charge in [0.25, 0.3) is 0 Å². The summed E-state index contributed by atoms with van der Waals surface area (Å²) >= 11 is 0. The van der Waals surface area contributed by atoms with Crippen LogP contribution in [-0.2, 0) is 0 Å². The van der Waals surface area contributed by atoms with E-state index in [1.54, 1.807) is 0 Å². The Bertz CT molecular complexity index is 5080. The Hall–Kier alpha value is -10.2. The Morgan fingerprint density at radius 1 is 0.302 bits per heavy atom. The summed E-state index contributed by atoms with van der Waals surface area (Å²) in [4.78, 5) is 47.7. The zero-order valence-electron chi connectivity index (χ0n) is 56.3. The number of aromatic amines is 2. The van der Waals surface area contributed by atoms with Gasteiger partial charge in [-0.25, -0.2) is 29.9 Å². The third-order valence-corrected chi connectivity index (χ3v) is 18.9. The van der Waals surface area contributed by atoms with Crippen molar-refractivity contribution in [3.05, 3.63) is 127 Å². The fraction of sp³-hybridized carbons (Fsp3) is 0.321. The first-order valence-electron chi connectivity index (χ1n) is 34.9. The van der Waals surface area contributed by atoms with Crippen molar-refractivity contribution in [3.63, 3.8) is 0 Å². The van der Waals surface area contributed by atoms with Crippen molar-refractivity contribution in [1.29, 1.82) is 0 Å². The van der Waals surface area contributed by atoms with Gasteiger partial charge in [-0.1, -0.05) is 159 Å². The maximum atomic E-state index is 7.25. The van der Waals surface area contributed by atoms with Crippen LogP contribution in [0.5, 0.6) is 34.5 Å². The Balaban J connectivity index is 1.20. The molecule has 4 aromatic heterocycles. The first-order valence-corrected chi connectivity index (χ1v) is 34.9. The molecule has 486 valence electrons. The number of aromatic nitrogens is 9. The van der Waals surface area contributed by atoms with E-state index in [4.69, 9.17) is 63.3 Å². The number of aryl methyl sites for hydroxylation is 2. The van der Waals surface area contributed by atoms with Crippen LogP contribution in [0.4, 0.5) is 0 Å². The number of nitrogens with one attached hydrogen (secondary N) is 2. The van der Waals surface area contributed by atoms with E-state index >= 15 is 0 Å². The molecular weight excluding hydrogens is 1190 g/mol. The predicted molar refractivity (Wildman–Crippen MR) is 391 cm³/mol. The van der Waals surface area contributed by atoms with E-state index < -0.39 is 0 Å². The highest BCUT2D eigenvalue weighted by atomic mass is 16.5. The summed E-state index contributed by atoms with van der Waals surface area (Å²) < 4.78 is 43.2. The molecule has 15 rings (SSSR count). The first-order chi connectivity index (χ1) is 47.2. The normalized spacial score (nSPS) is 12.1. The van der Waals surface area contributed by atoms with Crippen LogP contribution in [0.1, 0.15) is 130 Å². The average Bonchev–Trinajstić information content (AvgIpc) is 1.52. The molecule has 6 heterocycles. The summed E-state index contributed by atoms with van der Waals surface area (Å²) in [5.74, 6) is 5.38. The van der Waals surface area contributed by atoms with Gasteiger partial charge < -0.3 is 38.4 Å². The second kappa shape index (κ2) is 26.6. The average molecular weight is 1280 g/mol. The van der Waals surface area contributed by atoms with Crippen LogP contribution in [0.25, 0.3) is 154 Å². The zero-order chi connectivity index (χ0) is 65.6. The van der Waals surface area contributed by atoms with Crippen LogP contribution in [0.3, 0.4) is 0 Å². The van der Waals surface area contributed by atoms with Gasteiger partial charge in [0.15, 0.2) is 29.0 Å². The predicted octanol–water partition coefficient (Wildman–Crippen LogP) is 20.9. The molecule has 0 amide bonds. The lowest BCUT2D eigenvalue weighted by atomic mass is 9.95. The molecule has 0 saturated heterocycles. The van der Waals surface area contributed by atoms with Crippen LogP contribution < -0.4 is 28.4 Å². The minimum Gasteiger partial charge on any atom is -0.492 e. The summed E-state index contributed by atoms with van der Waals surface area (Å²) in [6.07, 6.45) is 12.3. The SMILES string of the molecule is CCCCOc1c2c(c(OCCCC)c3cc4ccccc4cc13)-c1nc-2nc2[nH]c(nc3nc(nc4[nH]c(n1)c1c(C)c5cccnc5c(OCCCC)c41)-c1c-3c(OCCCC)c3cc4ccccc4cc3c1OCCCC)c1c(OCCCC)c3ccccc3c(C)c21. The van der Waals surface area contributed by atoms with Gasteiger partial charge >= 0.3 is 0 Å². The molecular formula is C81H81N9O6. The largest absolute Gasteiger partial charge is 0.492 e. The third kappa shape index (κ3) is 10.7. The fourth-order valence-corrected chi connectivity index (χ4v) is 13.9. The van der Waals surface area contributed by atoms with Crippen LogP contribution in [0, 0.1) is 13.8 Å². The second-order valence-electron chi connectivity index (χ2n) is 25.5. The molecule has 2 aliphatic rings. The van der Waals surface area contributed by atoms with E-state index in [1.165, 1.54) is 0 Å². The second-order valence-corrected chi connectivity index (χ2v) is 25.5. The number of hydrogen-bond donors (Lipinski definition) is 2. The Labute approximate surface area is 558 Å². The molecule has 0 unspecified atom stereocenters. The molecule has 15 nitrogen and oxygen atoms in total. The molecule has 0 spiro atoms. The van der Waals surface area contributed by atoms with Crippen molar-refractivity contribution >= 4 is 109 Å². The lowest BCUT2D eigenvalue weighted by Crippen LogP contribution is -2.04. The van der Waals surface area contributed by atoms with Gasteiger partial charge in [0.2, 0.25) is 0 Å². The maximum Gasteiger partial charge on any atom is 0.168 e. The van der Waals surface area contributed by atoms with Gasteiger partial charge in [-0.15, -0.1) is 0 Å². The van der Waals surface area contributed by atoms with E-state index in [0.717, 1.165) is 164 Å². The van der Waals surface area contributed by atoms with Crippen molar-refractivity contribution < 1.29 is 28.4 Å². The number of hydrogen-bond acceptors (Lipinski definition) is 13. The molecule has 0 radical (unpaired) electrons. The lowest BCUT2D eigenvalue weighted by molar-refractivity contribution is 0.308. The number of unbranched alkanes of at least 4 members (excludes halogenated alkanes) is 6. The van der Waals surface area contributed by atoms with Crippen molar-refractivity contribution in [1.82, 2.24) is 44.9 Å². The smallest absolute Gasteiger partial charge is 0.168 e. The van der Waals surface area contributed by atoms with Gasteiger partial charge in [-0.05, 0) is 121 Å². The summed E-state index contributed by atoms with van der Waals surface area (Å²) in [6.45, 7) is 20.1. The van der Waals surface area contributed by atoms with Crippen LogP contribution in [0.15, 0.2) is 115 Å². The van der Waals surface area contributed by atoms with E-state index in [-0.39, 0.29) is 0 Å². The lowest BCUT2D eigenvalue weighted by Gasteiger charge is -2.19. The summed E-state index contributed by atoms with van der Waals surface area (Å²) in [5.41, 5.74) is 7.27. The number of fused-ring (bicyclic) bond motifs is 26. The third-order valence-electron chi connectivity index (χ3n) is 18.9. The topological polar surface area (TPSA) is 177 Å². The van der Waals surface area contributed by atoms with Crippen LogP contribution >= 0.6 is 0 Å². The number of pyridine rings is 1. The standard InChI is InChI=1S/C81H81N9O6/c1-9-15-36-91-68-54-33-26-25-32-52(54)46(7)59-61(68)76-83-74(59)85-78-63-64(70(93-38-17-11-3)56-43-49-29-22-21-28-48(49)42-55(56)69(63)92-37-16-10-2)79(89-78)86-75-60-47(8)53-34-27-35-82-67(53)73(96-41-20-14-6)62(60)77(84-75)88-81-66-65(80(87-76)90-81)71(94-39-18-12-4)57-44-50-30-23-24-31-51(50)45-58(57)72(66)95-40-19-13-5/h21-35,42-45H,9-20,36-41H2,1-8H3,(H2,83,84,85,86,87,88,89,90). The molecule has 8 bridgehead atoms. The molecule has 2 aliphatic heterocycles. The van der Waals surface area contributed by atoms with Gasteiger partial charge in [0.05, 0.1) is 72.7 Å². The molecule has 0 atom stereocenters. The zero-order valence-corrected chi connectivity index (χ0v) is 56.3. The van der Waals surface area contributed by atoms with Crippen LogP contribution in [0.2, 0.25) is 0 Å². The molecule has 2 N–H and O–H groups in total. The molecule has 13 aromatic rings. The monoisotopic (exact) mass is 1280 g/mol. The quantitative estimate of drug-likeness (QED) is 0.0432. The van der Waals surface area contributed by atoms with Crippen molar-refractivity contribution in [3.8, 4) is 80.0 Å². The molecule has 0 fully saturated rings. The Morgan fingerprint density at radius 3 is 0.979 bits per heavy atom. The molecule has 0 saturated carbocycles. The van der Waals surface area contributed by atoms with Gasteiger partial charge in [0.1, 0.15) is 56.9 Å². The highest BCUT2D eigenvalue weighted by molar-refractivity contribution is 6.21. The van der Waals surface area contributed by atoms with E-state index in [9.17, 15) is 0 Å². The van der Waals surface area contributed by atoms with Gasteiger partial charge in [-0.3, -0.25) is 4.98 Å². The fourth-order valence-electron chi connectivity index (χ4n) is 13.9. The highest BCUT2D eigenvalue weighted by Crippen LogP contribution is 2.56. The minimum absolute atomic E-state index is 0.367. The number of H-pyrrole nitrogens is 2. The number of ether oxygens (including phenoxy) is 6. The molecule has 9 aromatic carbocycles. The van der Waals surface area contributed by atoms with E-state index in [1.807, 2.05) is 12.3 Å². The van der Waals surface area contributed by atoms with Crippen LogP contribution in [-0.4, -0.2) is 84.5 Å². The number of benzene rings is 9. The number of nitrogens with zero attached hydrogens (tertiary/aromatic N) is 7. The van der Waals surface area contributed by atoms with Crippen molar-refractivity contribution in [2.75, 3.05) is 39.6 Å². The van der Waals surface area contributed by atoms with E-state index in [0.29, 0.717) is 153 Å². The summed E-state index contributed by atoms with van der Waals surface area (Å²) in [5, 5.41) is 13.8. The first kappa shape index (κ1) is 62.0. The molecule has 15 heteroatoms. The van der Waals surface area contributed by atoms with E-state index in [2.05, 4.69) is 168 Å². The summed E-state index contributed by atoms with van der Waals surface area (Å²) in [6, 6.07) is 38.3. The maximum absolute atomic E-state index is 7.25. The molecule has 0 aliphatic carbocycles. The Kier molecular flexibility index (Phi) is 17.2. The minimum atomic E-state index is 0.367. The van der Waals surface area contributed by atoms with Crippen molar-refractivity contribution in [2.45, 2.75) is 132 Å². The number of rotatable bonds is 24. The Morgan fingerprint density at radius 2 is 0.604 bits per heavy atom. The van der Waals surface area contributed by atoms with Gasteiger partial charge in [-0.2, -0.15) is 0 Å². The van der Waals surface area contributed by atoms with Gasteiger partial charge in [0, 0.05) is 49.3 Å². The van der Waals surface area contributed by atoms with Crippen molar-refractivity contribution in [2.24, 2.45) is 0 Å². The highest BCUT2D eigenvalue weighted by Gasteiger charge is 2.36. The summed E-state index contributed by atoms with van der Waals surface area (Å²) in [7, 11) is 0.